The van der Waals surface area contributed by atoms with Crippen molar-refractivity contribution in [3.05, 3.63) is 0 Å². The van der Waals surface area contributed by atoms with Gasteiger partial charge in [0.25, 0.3) is 0 Å². The second-order valence-corrected chi connectivity index (χ2v) is 5.58. The zero-order valence-corrected chi connectivity index (χ0v) is 10.5. The number of carbonyl (C=O) groups is 1. The monoisotopic (exact) mass is 224 g/mol. The zero-order chi connectivity index (χ0) is 11.7. The smallest absolute Gasteiger partial charge is 0.227 e. The number of likely N-dealkylation sites (tertiary alicyclic amines) is 1. The molecule has 3 nitrogen and oxygen atoms in total. The molecular formula is C13H24N2O. The van der Waals surface area contributed by atoms with Crippen LogP contribution >= 0.6 is 0 Å². The maximum atomic E-state index is 12.3. The van der Waals surface area contributed by atoms with Gasteiger partial charge in [-0.1, -0.05) is 13.3 Å². The van der Waals surface area contributed by atoms with Crippen molar-refractivity contribution < 1.29 is 4.79 Å². The van der Waals surface area contributed by atoms with Gasteiger partial charge in [-0.2, -0.15) is 0 Å². The fourth-order valence-electron chi connectivity index (χ4n) is 2.87. The van der Waals surface area contributed by atoms with E-state index in [4.69, 9.17) is 5.73 Å². The van der Waals surface area contributed by atoms with Gasteiger partial charge in [0, 0.05) is 18.6 Å². The van der Waals surface area contributed by atoms with Crippen LogP contribution in [0, 0.1) is 11.8 Å². The third-order valence-corrected chi connectivity index (χ3v) is 4.45. The molecule has 0 aromatic carbocycles. The lowest BCUT2D eigenvalue weighted by Crippen LogP contribution is -2.47. The minimum absolute atomic E-state index is 0.0272. The third-order valence-electron chi connectivity index (χ3n) is 4.45. The molecule has 2 rings (SSSR count). The summed E-state index contributed by atoms with van der Waals surface area (Å²) in [6.07, 6.45) is 6.38. The van der Waals surface area contributed by atoms with E-state index >= 15 is 0 Å². The lowest BCUT2D eigenvalue weighted by molar-refractivity contribution is -0.137. The molecule has 0 aromatic heterocycles. The lowest BCUT2D eigenvalue weighted by Gasteiger charge is -2.38. The maximum Gasteiger partial charge on any atom is 0.227 e. The van der Waals surface area contributed by atoms with Crippen molar-refractivity contribution in [3.63, 3.8) is 0 Å². The summed E-state index contributed by atoms with van der Waals surface area (Å²) in [7, 11) is 0. The molecule has 1 aliphatic carbocycles. The Morgan fingerprint density at radius 3 is 2.44 bits per heavy atom. The second kappa shape index (κ2) is 4.74. The Labute approximate surface area is 98.4 Å². The predicted octanol–water partition coefficient (Wildman–Crippen LogP) is 1.76. The van der Waals surface area contributed by atoms with Crippen LogP contribution in [-0.4, -0.2) is 29.4 Å². The van der Waals surface area contributed by atoms with Crippen LogP contribution in [0.2, 0.25) is 0 Å². The highest BCUT2D eigenvalue weighted by Crippen LogP contribution is 2.37. The van der Waals surface area contributed by atoms with E-state index in [1.165, 1.54) is 32.1 Å². The zero-order valence-electron chi connectivity index (χ0n) is 10.5. The molecule has 1 aliphatic heterocycles. The summed E-state index contributed by atoms with van der Waals surface area (Å²) < 4.78 is 0. The number of nitrogens with two attached hydrogens (primary N) is 1. The fourth-order valence-corrected chi connectivity index (χ4v) is 2.87. The minimum atomic E-state index is -0.0323. The average Bonchev–Trinajstić information content (AvgIpc) is 2.61. The van der Waals surface area contributed by atoms with E-state index < -0.39 is 0 Å². The molecule has 0 bridgehead atoms. The molecule has 1 saturated heterocycles. The fraction of sp³-hybridized carbons (Fsp3) is 0.923. The van der Waals surface area contributed by atoms with Crippen molar-refractivity contribution in [2.45, 2.75) is 58.0 Å². The number of hydrogen-bond acceptors (Lipinski definition) is 2. The number of carbonyl (C=O) groups excluding carboxylic acids is 1. The first-order valence-electron chi connectivity index (χ1n) is 6.67. The minimum Gasteiger partial charge on any atom is -0.339 e. The van der Waals surface area contributed by atoms with Crippen molar-refractivity contribution in [3.8, 4) is 0 Å². The van der Waals surface area contributed by atoms with E-state index in [2.05, 4.69) is 4.90 Å². The first kappa shape index (κ1) is 11.9. The van der Waals surface area contributed by atoms with Gasteiger partial charge in [0.15, 0.2) is 0 Å². The summed E-state index contributed by atoms with van der Waals surface area (Å²) >= 11 is 0. The van der Waals surface area contributed by atoms with Crippen LogP contribution in [0.25, 0.3) is 0 Å². The molecule has 3 heteroatoms. The van der Waals surface area contributed by atoms with Crippen molar-refractivity contribution in [1.29, 1.82) is 0 Å². The molecule has 16 heavy (non-hydrogen) atoms. The number of hydrogen-bond donors (Lipinski definition) is 1. The SMILES string of the molecule is CC(N)C(C)C(=O)N1CCCC1C1CCC1. The Morgan fingerprint density at radius 2 is 1.94 bits per heavy atom. The van der Waals surface area contributed by atoms with Gasteiger partial charge >= 0.3 is 0 Å². The number of rotatable bonds is 3. The van der Waals surface area contributed by atoms with Crippen molar-refractivity contribution in [1.82, 2.24) is 4.90 Å². The predicted molar refractivity (Wildman–Crippen MR) is 64.9 cm³/mol. The van der Waals surface area contributed by atoms with E-state index in [-0.39, 0.29) is 17.9 Å². The summed E-state index contributed by atoms with van der Waals surface area (Å²) in [4.78, 5) is 14.4. The third kappa shape index (κ3) is 2.10. The maximum absolute atomic E-state index is 12.3. The molecule has 3 unspecified atom stereocenters. The van der Waals surface area contributed by atoms with Crippen LogP contribution < -0.4 is 5.73 Å². The first-order valence-corrected chi connectivity index (χ1v) is 6.67. The Bertz CT molecular complexity index is 261. The molecule has 1 heterocycles. The molecule has 2 N–H and O–H groups in total. The highest BCUT2D eigenvalue weighted by molar-refractivity contribution is 5.79. The van der Waals surface area contributed by atoms with Gasteiger partial charge in [0.05, 0.1) is 5.92 Å². The van der Waals surface area contributed by atoms with Crippen LogP contribution in [0.1, 0.15) is 46.0 Å². The van der Waals surface area contributed by atoms with Gasteiger partial charge in [0.2, 0.25) is 5.91 Å². The van der Waals surface area contributed by atoms with Crippen LogP contribution in [0.3, 0.4) is 0 Å². The summed E-state index contributed by atoms with van der Waals surface area (Å²) in [5.41, 5.74) is 5.82. The molecule has 3 atom stereocenters. The number of amides is 1. The Hall–Kier alpha value is -0.570. The van der Waals surface area contributed by atoms with E-state index in [0.717, 1.165) is 12.5 Å². The standard InChI is InChI=1S/C13H24N2O/c1-9(10(2)14)13(16)15-8-4-7-12(15)11-5-3-6-11/h9-12H,3-8,14H2,1-2H3. The second-order valence-electron chi connectivity index (χ2n) is 5.58. The van der Waals surface area contributed by atoms with E-state index in [1.807, 2.05) is 13.8 Å². The normalized spacial score (nSPS) is 29.9. The average molecular weight is 224 g/mol. The topological polar surface area (TPSA) is 46.3 Å². The van der Waals surface area contributed by atoms with Crippen molar-refractivity contribution >= 4 is 5.91 Å². The van der Waals surface area contributed by atoms with Gasteiger partial charge in [-0.15, -0.1) is 0 Å². The largest absolute Gasteiger partial charge is 0.339 e. The van der Waals surface area contributed by atoms with Crippen LogP contribution in [0.15, 0.2) is 0 Å². The van der Waals surface area contributed by atoms with E-state index in [9.17, 15) is 4.79 Å². The Morgan fingerprint density at radius 1 is 1.25 bits per heavy atom. The summed E-state index contributed by atoms with van der Waals surface area (Å²) in [6.45, 7) is 4.84. The molecule has 0 aromatic rings. The van der Waals surface area contributed by atoms with Crippen LogP contribution in [0.5, 0.6) is 0 Å². The lowest BCUT2D eigenvalue weighted by atomic mass is 9.78. The summed E-state index contributed by atoms with van der Waals surface area (Å²) in [5.74, 6) is 1.04. The summed E-state index contributed by atoms with van der Waals surface area (Å²) in [5, 5.41) is 0. The first-order chi connectivity index (χ1) is 7.61. The van der Waals surface area contributed by atoms with Crippen LogP contribution in [0.4, 0.5) is 0 Å². The molecule has 1 saturated carbocycles. The Kier molecular flexibility index (Phi) is 3.53. The molecule has 0 radical (unpaired) electrons. The van der Waals surface area contributed by atoms with Crippen molar-refractivity contribution in [2.24, 2.45) is 17.6 Å². The van der Waals surface area contributed by atoms with Gasteiger partial charge in [-0.3, -0.25) is 4.79 Å². The highest BCUT2D eigenvalue weighted by Gasteiger charge is 2.38. The van der Waals surface area contributed by atoms with E-state index in [1.54, 1.807) is 0 Å². The van der Waals surface area contributed by atoms with Crippen LogP contribution in [-0.2, 0) is 4.79 Å². The van der Waals surface area contributed by atoms with Crippen molar-refractivity contribution in [2.75, 3.05) is 6.54 Å². The van der Waals surface area contributed by atoms with Gasteiger partial charge in [-0.05, 0) is 38.5 Å². The number of nitrogens with zero attached hydrogens (tertiary/aromatic N) is 1. The molecule has 0 spiro atoms. The Balaban J connectivity index is 1.98. The highest BCUT2D eigenvalue weighted by atomic mass is 16.2. The van der Waals surface area contributed by atoms with Gasteiger partial charge in [0.1, 0.15) is 0 Å². The quantitative estimate of drug-likeness (QED) is 0.794. The summed E-state index contributed by atoms with van der Waals surface area (Å²) in [6, 6.07) is 0.498. The van der Waals surface area contributed by atoms with Gasteiger partial charge in [-0.25, -0.2) is 0 Å². The molecule has 2 fully saturated rings. The molecule has 92 valence electrons. The molecule has 2 aliphatic rings. The molecular weight excluding hydrogens is 200 g/mol. The molecule has 1 amide bonds. The van der Waals surface area contributed by atoms with E-state index in [0.29, 0.717) is 6.04 Å². The van der Waals surface area contributed by atoms with Gasteiger partial charge < -0.3 is 10.6 Å².